The van der Waals surface area contributed by atoms with Crippen LogP contribution in [-0.2, 0) is 25.7 Å². The number of benzene rings is 1. The number of carbonyl (C=O) groups excluding carboxylic acids is 4. The highest BCUT2D eigenvalue weighted by Crippen LogP contribution is 2.58. The molecule has 1 spiro atoms. The molecule has 0 bridgehead atoms. The molecule has 2 saturated heterocycles. The molecule has 11 nitrogen and oxygen atoms in total. The van der Waals surface area contributed by atoms with Gasteiger partial charge in [0.15, 0.2) is 0 Å². The highest BCUT2D eigenvalue weighted by Gasteiger charge is 2.64. The van der Waals surface area contributed by atoms with Crippen LogP contribution in [0.1, 0.15) is 56.0 Å². The summed E-state index contributed by atoms with van der Waals surface area (Å²) in [6.45, 7) is 6.22. The molecule has 4 atom stereocenters. The molecule has 2 aliphatic carbocycles. The van der Waals surface area contributed by atoms with Crippen LogP contribution in [0.25, 0.3) is 0 Å². The maximum atomic E-state index is 14.0. The number of carbonyl (C=O) groups is 4. The molecule has 4 amide bonds. The molecule has 48 heavy (non-hydrogen) atoms. The average molecular weight is 673 g/mol. The molecule has 2 saturated carbocycles. The van der Waals surface area contributed by atoms with E-state index >= 15 is 0 Å². The number of rotatable bonds is 11. The molecular weight excluding hydrogens is 629 g/mol. The number of likely N-dealkylation sites (tertiary alicyclic amines) is 2. The number of hydrogen-bond donors (Lipinski definition) is 2. The van der Waals surface area contributed by atoms with Crippen molar-refractivity contribution in [3.8, 4) is 0 Å². The normalized spacial score (nSPS) is 24.4. The van der Waals surface area contributed by atoms with Crippen LogP contribution in [0, 0.1) is 28.1 Å². The number of ether oxygens (including phenoxy) is 1. The number of aromatic nitrogens is 2. The van der Waals surface area contributed by atoms with Crippen LogP contribution in [0.15, 0.2) is 42.7 Å². The van der Waals surface area contributed by atoms with Gasteiger partial charge in [-0.3, -0.25) is 23.9 Å². The van der Waals surface area contributed by atoms with Gasteiger partial charge in [0.25, 0.3) is 5.91 Å². The fraction of sp³-hybridized carbons (Fsp3) is 0.618. The van der Waals surface area contributed by atoms with Gasteiger partial charge in [0.1, 0.15) is 6.04 Å². The summed E-state index contributed by atoms with van der Waals surface area (Å²) in [7, 11) is 1.37. The lowest BCUT2D eigenvalue weighted by atomic mass is 9.70. The van der Waals surface area contributed by atoms with Gasteiger partial charge in [-0.05, 0) is 37.2 Å². The number of amides is 4. The Bertz CT molecular complexity index is 1570. The molecule has 14 heteroatoms. The first kappa shape index (κ1) is 33.9. The maximum absolute atomic E-state index is 14.0. The molecule has 260 valence electrons. The van der Waals surface area contributed by atoms with Gasteiger partial charge in [0.05, 0.1) is 42.3 Å². The van der Waals surface area contributed by atoms with E-state index in [9.17, 15) is 32.3 Å². The third-order valence-electron chi connectivity index (χ3n) is 10.8. The Morgan fingerprint density at radius 2 is 1.69 bits per heavy atom. The SMILES string of the molecule is CNC(=O)[C@@H](NC(=O)[C@@H]1CN(C(=O)c2cnn(Cc3ccccc3)c2)CC12CN(C(=O)[C@H]1CC1(C)C)C2)[C@@H](C)OCC1(C(F)(F)F)CC1. The standard InChI is InChI=1S/C34H43F3N6O5/c1-21(48-20-33(10-11-33)34(35,36)37)26(28(45)38-4)40-27(44)25-16-41(17-32(25)18-42(19-32)30(47)24-12-31(24,2)3)29(46)23-13-39-43(15-23)14-22-8-6-5-7-9-22/h5-9,13,15,21,24-26H,10-12,14,16-20H2,1-4H3,(H,38,45)(H,40,44)/t21-,24-,25+,26+/m1/s1. The van der Waals surface area contributed by atoms with Crippen LogP contribution in [0.3, 0.4) is 0 Å². The van der Waals surface area contributed by atoms with Crippen LogP contribution < -0.4 is 10.6 Å². The Balaban J connectivity index is 1.17. The largest absolute Gasteiger partial charge is 0.396 e. The minimum atomic E-state index is -4.42. The Kier molecular flexibility index (Phi) is 8.62. The second-order valence-electron chi connectivity index (χ2n) is 14.8. The molecule has 2 aromatic rings. The maximum Gasteiger partial charge on any atom is 0.396 e. The molecule has 0 unspecified atom stereocenters. The molecule has 3 heterocycles. The van der Waals surface area contributed by atoms with E-state index in [-0.39, 0.29) is 62.2 Å². The van der Waals surface area contributed by atoms with E-state index in [2.05, 4.69) is 15.7 Å². The van der Waals surface area contributed by atoms with Crippen LogP contribution >= 0.6 is 0 Å². The molecule has 6 rings (SSSR count). The van der Waals surface area contributed by atoms with Gasteiger partial charge in [0, 0.05) is 50.8 Å². The average Bonchev–Trinajstić information content (AvgIpc) is 3.83. The van der Waals surface area contributed by atoms with Crippen molar-refractivity contribution in [2.45, 2.75) is 64.9 Å². The van der Waals surface area contributed by atoms with Gasteiger partial charge < -0.3 is 25.2 Å². The highest BCUT2D eigenvalue weighted by atomic mass is 19.4. The summed E-state index contributed by atoms with van der Waals surface area (Å²) in [4.78, 5) is 57.2. The van der Waals surface area contributed by atoms with Crippen molar-refractivity contribution in [1.29, 1.82) is 0 Å². The van der Waals surface area contributed by atoms with E-state index in [0.29, 0.717) is 12.1 Å². The third-order valence-corrected chi connectivity index (χ3v) is 10.8. The number of nitrogens with zero attached hydrogens (tertiary/aromatic N) is 4. The van der Waals surface area contributed by atoms with Crippen molar-refractivity contribution >= 4 is 23.6 Å². The minimum absolute atomic E-state index is 0.0284. The predicted octanol–water partition coefficient (Wildman–Crippen LogP) is 2.86. The van der Waals surface area contributed by atoms with Gasteiger partial charge in [-0.15, -0.1) is 0 Å². The summed E-state index contributed by atoms with van der Waals surface area (Å²) in [5, 5.41) is 9.56. The van der Waals surface area contributed by atoms with Crippen molar-refractivity contribution in [1.82, 2.24) is 30.2 Å². The topological polar surface area (TPSA) is 126 Å². The number of halogens is 3. The van der Waals surface area contributed by atoms with Gasteiger partial charge in [-0.2, -0.15) is 18.3 Å². The molecule has 1 aromatic heterocycles. The van der Waals surface area contributed by atoms with Crippen LogP contribution in [0.2, 0.25) is 0 Å². The first-order valence-corrected chi connectivity index (χ1v) is 16.4. The lowest BCUT2D eigenvalue weighted by Crippen LogP contribution is -2.65. The van der Waals surface area contributed by atoms with E-state index in [1.54, 1.807) is 20.7 Å². The summed E-state index contributed by atoms with van der Waals surface area (Å²) >= 11 is 0. The predicted molar refractivity (Wildman–Crippen MR) is 167 cm³/mol. The van der Waals surface area contributed by atoms with Gasteiger partial charge >= 0.3 is 6.18 Å². The quantitative estimate of drug-likeness (QED) is 0.379. The second-order valence-corrected chi connectivity index (χ2v) is 14.8. The van der Waals surface area contributed by atoms with Crippen molar-refractivity contribution < 1.29 is 37.1 Å². The van der Waals surface area contributed by atoms with E-state index < -0.39 is 53.5 Å². The summed E-state index contributed by atoms with van der Waals surface area (Å²) in [6, 6.07) is 8.41. The van der Waals surface area contributed by atoms with E-state index in [0.717, 1.165) is 12.0 Å². The number of hydrogen-bond acceptors (Lipinski definition) is 6. The Labute approximate surface area is 277 Å². The summed E-state index contributed by atoms with van der Waals surface area (Å²) in [5.74, 6) is -2.27. The van der Waals surface area contributed by atoms with Crippen molar-refractivity contribution in [3.05, 3.63) is 53.9 Å². The van der Waals surface area contributed by atoms with Gasteiger partial charge in [0.2, 0.25) is 17.7 Å². The van der Waals surface area contributed by atoms with Crippen molar-refractivity contribution in [2.75, 3.05) is 39.8 Å². The third kappa shape index (κ3) is 6.42. The Morgan fingerprint density at radius 3 is 2.27 bits per heavy atom. The van der Waals surface area contributed by atoms with Crippen LogP contribution in [0.5, 0.6) is 0 Å². The Hall–Kier alpha value is -3.94. The van der Waals surface area contributed by atoms with E-state index in [4.69, 9.17) is 4.74 Å². The van der Waals surface area contributed by atoms with Crippen LogP contribution in [-0.4, -0.2) is 101 Å². The zero-order valence-electron chi connectivity index (χ0n) is 27.7. The summed E-state index contributed by atoms with van der Waals surface area (Å²) in [6.07, 6.45) is -1.64. The zero-order valence-corrected chi connectivity index (χ0v) is 27.7. The minimum Gasteiger partial charge on any atom is -0.375 e. The van der Waals surface area contributed by atoms with Crippen LogP contribution in [0.4, 0.5) is 13.2 Å². The lowest BCUT2D eigenvalue weighted by molar-refractivity contribution is -0.206. The molecule has 1 aromatic carbocycles. The fourth-order valence-corrected chi connectivity index (χ4v) is 7.15. The molecule has 4 fully saturated rings. The summed E-state index contributed by atoms with van der Waals surface area (Å²) < 4.78 is 47.8. The smallest absolute Gasteiger partial charge is 0.375 e. The van der Waals surface area contributed by atoms with E-state index in [1.807, 2.05) is 44.2 Å². The molecule has 4 aliphatic rings. The number of likely N-dealkylation sites (N-methyl/N-ethyl adjacent to an activating group) is 1. The first-order chi connectivity index (χ1) is 22.6. The second kappa shape index (κ2) is 12.2. The lowest BCUT2D eigenvalue weighted by Gasteiger charge is -2.50. The van der Waals surface area contributed by atoms with Crippen molar-refractivity contribution in [3.63, 3.8) is 0 Å². The Morgan fingerprint density at radius 1 is 1.04 bits per heavy atom. The molecule has 2 N–H and O–H groups in total. The van der Waals surface area contributed by atoms with Gasteiger partial charge in [-0.1, -0.05) is 44.2 Å². The first-order valence-electron chi connectivity index (χ1n) is 16.4. The molecule has 2 aliphatic heterocycles. The monoisotopic (exact) mass is 672 g/mol. The molecular formula is C34H43F3N6O5. The fourth-order valence-electron chi connectivity index (χ4n) is 7.15. The zero-order chi connectivity index (χ0) is 34.6. The highest BCUT2D eigenvalue weighted by molar-refractivity contribution is 5.95. The van der Waals surface area contributed by atoms with E-state index in [1.165, 1.54) is 20.2 Å². The van der Waals surface area contributed by atoms with Crippen molar-refractivity contribution in [2.24, 2.45) is 28.1 Å². The molecule has 0 radical (unpaired) electrons. The number of nitrogens with one attached hydrogen (secondary N) is 2. The number of alkyl halides is 3. The summed E-state index contributed by atoms with van der Waals surface area (Å²) in [5.41, 5.74) is -1.37. The van der Waals surface area contributed by atoms with Gasteiger partial charge in [-0.25, -0.2) is 0 Å².